The van der Waals surface area contributed by atoms with E-state index in [1.54, 1.807) is 6.07 Å². The summed E-state index contributed by atoms with van der Waals surface area (Å²) in [7, 11) is 0. The quantitative estimate of drug-likeness (QED) is 0.284. The van der Waals surface area contributed by atoms with E-state index in [1.165, 1.54) is 0 Å². The summed E-state index contributed by atoms with van der Waals surface area (Å²) in [5.41, 5.74) is 8.22. The minimum absolute atomic E-state index is 0.0354. The number of hydrogen-bond donors (Lipinski definition) is 4. The predicted octanol–water partition coefficient (Wildman–Crippen LogP) is 4.20. The number of nitrogen functional groups attached to an aromatic ring is 1. The maximum Gasteiger partial charge on any atom is 0.303 e. The van der Waals surface area contributed by atoms with Gasteiger partial charge in [-0.2, -0.15) is 0 Å². The minimum atomic E-state index is -0.797. The molecule has 0 unspecified atom stereocenters. The molecule has 1 aliphatic heterocycles. The topological polar surface area (TPSA) is 127 Å². The number of ether oxygens (including phenoxy) is 1. The van der Waals surface area contributed by atoms with Gasteiger partial charge in [0, 0.05) is 56.7 Å². The van der Waals surface area contributed by atoms with E-state index < -0.39 is 5.97 Å². The molecule has 0 radical (unpaired) electrons. The van der Waals surface area contributed by atoms with E-state index in [2.05, 4.69) is 9.80 Å². The van der Waals surface area contributed by atoms with Crippen LogP contribution < -0.4 is 15.4 Å². The fourth-order valence-corrected chi connectivity index (χ4v) is 4.11. The van der Waals surface area contributed by atoms with Crippen molar-refractivity contribution in [3.63, 3.8) is 0 Å². The van der Waals surface area contributed by atoms with E-state index >= 15 is 0 Å². The molecule has 2 aromatic rings. The molecule has 3 rings (SSSR count). The van der Waals surface area contributed by atoms with Gasteiger partial charge in [-0.25, -0.2) is 0 Å². The summed E-state index contributed by atoms with van der Waals surface area (Å²) in [6.45, 7) is 4.74. The van der Waals surface area contributed by atoms with Gasteiger partial charge in [0.25, 0.3) is 0 Å². The van der Waals surface area contributed by atoms with Gasteiger partial charge in [-0.1, -0.05) is 30.4 Å². The molecule has 0 bridgehead atoms. The average molecular weight is 478 g/mol. The van der Waals surface area contributed by atoms with Gasteiger partial charge in [0.05, 0.1) is 5.84 Å². The van der Waals surface area contributed by atoms with Crippen molar-refractivity contribution < 1.29 is 14.6 Å². The molecule has 1 fully saturated rings. The summed E-state index contributed by atoms with van der Waals surface area (Å²) in [4.78, 5) is 15.2. The molecule has 5 N–H and O–H groups in total. The van der Waals surface area contributed by atoms with E-state index in [9.17, 15) is 4.79 Å². The molecule has 0 atom stereocenters. The smallest absolute Gasteiger partial charge is 0.303 e. The van der Waals surface area contributed by atoms with Crippen LogP contribution in [0, 0.1) is 10.8 Å². The van der Waals surface area contributed by atoms with Crippen molar-refractivity contribution in [2.75, 3.05) is 31.1 Å². The van der Waals surface area contributed by atoms with Gasteiger partial charge in [0.15, 0.2) is 0 Å². The number of nitrogens with one attached hydrogen (secondary N) is 2. The number of anilines is 1. The van der Waals surface area contributed by atoms with Crippen LogP contribution in [0.25, 0.3) is 6.08 Å². The standard InChI is InChI=1S/C27H35N5O3/c1-20(28)31-17-13-25(14-18-31)35-24-11-9-23(10-12-24)32(16-4-8-26(33)34)15-3-6-21-5-2-7-22(19-21)27(29)30/h2-3,5-7,9-12,19,25,28H,4,8,13-18H2,1H3,(H3,29,30)(H,33,34). The maximum absolute atomic E-state index is 11.0. The molecular formula is C27H35N5O3. The molecule has 186 valence electrons. The second-order valence-corrected chi connectivity index (χ2v) is 8.77. The van der Waals surface area contributed by atoms with Crippen LogP contribution in [0.5, 0.6) is 5.75 Å². The molecule has 1 saturated heterocycles. The maximum atomic E-state index is 11.0. The molecule has 2 aromatic carbocycles. The Bertz CT molecular complexity index is 1040. The number of carbonyl (C=O) groups is 1. The van der Waals surface area contributed by atoms with Crippen LogP contribution in [0.1, 0.15) is 43.7 Å². The van der Waals surface area contributed by atoms with E-state index in [0.717, 1.165) is 42.9 Å². The molecule has 0 spiro atoms. The van der Waals surface area contributed by atoms with Crippen LogP contribution >= 0.6 is 0 Å². The fourth-order valence-electron chi connectivity index (χ4n) is 4.11. The third kappa shape index (κ3) is 8.17. The van der Waals surface area contributed by atoms with Crippen molar-refractivity contribution in [3.8, 4) is 5.75 Å². The molecule has 0 amide bonds. The van der Waals surface area contributed by atoms with Gasteiger partial charge in [-0.15, -0.1) is 0 Å². The number of rotatable bonds is 11. The Labute approximate surface area is 207 Å². The van der Waals surface area contributed by atoms with Crippen LogP contribution in [0.15, 0.2) is 54.6 Å². The summed E-state index contributed by atoms with van der Waals surface area (Å²) < 4.78 is 6.17. The number of nitrogens with zero attached hydrogens (tertiary/aromatic N) is 2. The second-order valence-electron chi connectivity index (χ2n) is 8.77. The van der Waals surface area contributed by atoms with Crippen molar-refractivity contribution in [2.45, 2.75) is 38.7 Å². The number of carboxylic acid groups (broad SMARTS) is 1. The zero-order valence-corrected chi connectivity index (χ0v) is 20.2. The van der Waals surface area contributed by atoms with E-state index in [4.69, 9.17) is 26.4 Å². The highest BCUT2D eigenvalue weighted by Crippen LogP contribution is 2.23. The normalized spacial score (nSPS) is 14.1. The Kier molecular flexibility index (Phi) is 9.29. The van der Waals surface area contributed by atoms with Gasteiger partial charge >= 0.3 is 5.97 Å². The van der Waals surface area contributed by atoms with Crippen LogP contribution in [0.2, 0.25) is 0 Å². The van der Waals surface area contributed by atoms with E-state index in [1.807, 2.05) is 61.5 Å². The lowest BCUT2D eigenvalue weighted by Crippen LogP contribution is -2.40. The molecule has 0 aromatic heterocycles. The lowest BCUT2D eigenvalue weighted by molar-refractivity contribution is -0.137. The van der Waals surface area contributed by atoms with Crippen LogP contribution in [-0.2, 0) is 4.79 Å². The number of benzene rings is 2. The van der Waals surface area contributed by atoms with Crippen LogP contribution in [0.4, 0.5) is 5.69 Å². The summed E-state index contributed by atoms with van der Waals surface area (Å²) in [5, 5.41) is 24.4. The molecule has 1 heterocycles. The molecule has 1 aliphatic rings. The van der Waals surface area contributed by atoms with E-state index in [-0.39, 0.29) is 18.4 Å². The lowest BCUT2D eigenvalue weighted by atomic mass is 10.1. The fraction of sp³-hybridized carbons (Fsp3) is 0.370. The number of nitrogens with two attached hydrogens (primary N) is 1. The minimum Gasteiger partial charge on any atom is -0.490 e. The average Bonchev–Trinajstić information content (AvgIpc) is 2.84. The summed E-state index contributed by atoms with van der Waals surface area (Å²) in [6.07, 6.45) is 6.63. The summed E-state index contributed by atoms with van der Waals surface area (Å²) >= 11 is 0. The Morgan fingerprint density at radius 2 is 1.91 bits per heavy atom. The van der Waals surface area contributed by atoms with Crippen molar-refractivity contribution >= 4 is 29.4 Å². The van der Waals surface area contributed by atoms with Gasteiger partial charge in [0.1, 0.15) is 17.7 Å². The Hall–Kier alpha value is -3.81. The molecule has 8 heteroatoms. The van der Waals surface area contributed by atoms with Crippen LogP contribution in [-0.4, -0.2) is 59.9 Å². The van der Waals surface area contributed by atoms with Gasteiger partial charge < -0.3 is 25.4 Å². The summed E-state index contributed by atoms with van der Waals surface area (Å²) in [6, 6.07) is 15.5. The van der Waals surface area contributed by atoms with Gasteiger partial charge in [0.2, 0.25) is 0 Å². The van der Waals surface area contributed by atoms with Crippen LogP contribution in [0.3, 0.4) is 0 Å². The van der Waals surface area contributed by atoms with Gasteiger partial charge in [-0.3, -0.25) is 15.6 Å². The van der Waals surface area contributed by atoms with Crippen molar-refractivity contribution in [1.82, 2.24) is 4.90 Å². The van der Waals surface area contributed by atoms with Crippen molar-refractivity contribution in [3.05, 3.63) is 65.7 Å². The molecule has 35 heavy (non-hydrogen) atoms. The number of hydrogen-bond acceptors (Lipinski definition) is 5. The highest BCUT2D eigenvalue weighted by molar-refractivity contribution is 5.95. The first-order chi connectivity index (χ1) is 16.8. The SMILES string of the molecule is CC(=N)N1CCC(Oc2ccc(N(CC=Cc3cccc(C(=N)N)c3)CCCC(=O)O)cc2)CC1. The third-order valence-electron chi connectivity index (χ3n) is 6.07. The zero-order chi connectivity index (χ0) is 25.2. The number of carboxylic acids is 1. The van der Waals surface area contributed by atoms with Crippen molar-refractivity contribution in [2.24, 2.45) is 5.73 Å². The highest BCUT2D eigenvalue weighted by atomic mass is 16.5. The summed E-state index contributed by atoms with van der Waals surface area (Å²) in [5.74, 6) is 0.667. The molecular weight excluding hydrogens is 442 g/mol. The monoisotopic (exact) mass is 477 g/mol. The Morgan fingerprint density at radius 1 is 1.20 bits per heavy atom. The second kappa shape index (κ2) is 12.6. The van der Waals surface area contributed by atoms with E-state index in [0.29, 0.717) is 30.9 Å². The first-order valence-electron chi connectivity index (χ1n) is 12.0. The first kappa shape index (κ1) is 25.8. The highest BCUT2D eigenvalue weighted by Gasteiger charge is 2.20. The largest absolute Gasteiger partial charge is 0.490 e. The molecule has 0 aliphatic carbocycles. The first-order valence-corrected chi connectivity index (χ1v) is 12.0. The molecule has 8 nitrogen and oxygen atoms in total. The van der Waals surface area contributed by atoms with Gasteiger partial charge in [-0.05, 0) is 49.2 Å². The molecule has 0 saturated carbocycles. The Balaban J connectivity index is 1.62. The number of aliphatic carboxylic acids is 1. The van der Waals surface area contributed by atoms with Crippen molar-refractivity contribution in [1.29, 1.82) is 10.8 Å². The predicted molar refractivity (Wildman–Crippen MR) is 141 cm³/mol. The number of piperidine rings is 1. The zero-order valence-electron chi connectivity index (χ0n) is 20.2. The Morgan fingerprint density at radius 3 is 2.54 bits per heavy atom. The number of likely N-dealkylation sites (tertiary alicyclic amines) is 1. The third-order valence-corrected chi connectivity index (χ3v) is 6.07. The lowest BCUT2D eigenvalue weighted by Gasteiger charge is -2.33. The number of amidine groups is 2.